The van der Waals surface area contributed by atoms with E-state index >= 15 is 0 Å². The molecule has 2 aromatic heterocycles. The van der Waals surface area contributed by atoms with Crippen molar-refractivity contribution in [2.24, 2.45) is 0 Å². The number of halogens is 1. The lowest BCUT2D eigenvalue weighted by atomic mass is 10.3. The van der Waals surface area contributed by atoms with Crippen LogP contribution < -0.4 is 0 Å². The van der Waals surface area contributed by atoms with Gasteiger partial charge in [-0.05, 0) is 40.2 Å². The Hall–Kier alpha value is -2.01. The van der Waals surface area contributed by atoms with Crippen molar-refractivity contribution < 1.29 is 13.2 Å². The van der Waals surface area contributed by atoms with Gasteiger partial charge in [0, 0.05) is 31.9 Å². The Morgan fingerprint density at radius 2 is 1.75 bits per heavy atom. The van der Waals surface area contributed by atoms with Crippen molar-refractivity contribution in [3.05, 3.63) is 64.5 Å². The van der Waals surface area contributed by atoms with Gasteiger partial charge in [-0.1, -0.05) is 18.2 Å². The fourth-order valence-electron chi connectivity index (χ4n) is 3.10. The molecule has 7 nitrogen and oxygen atoms in total. The standard InChI is InChI=1S/C18H17BrN4O3S2/c19-16-6-7-17(27-16)28(25,26)22-10-8-21(9-11-22)18(24)15-12-20-13-23(15)14-4-2-1-3-5-14/h1-7,12-13H,8-11H2. The molecule has 1 aliphatic rings. The van der Waals surface area contributed by atoms with Gasteiger partial charge in [0.25, 0.3) is 15.9 Å². The van der Waals surface area contributed by atoms with Crippen molar-refractivity contribution in [2.45, 2.75) is 4.21 Å². The number of nitrogens with zero attached hydrogens (tertiary/aromatic N) is 4. The summed E-state index contributed by atoms with van der Waals surface area (Å²) in [5.74, 6) is -0.155. The Balaban J connectivity index is 1.48. The monoisotopic (exact) mass is 480 g/mol. The van der Waals surface area contributed by atoms with E-state index in [-0.39, 0.29) is 19.0 Å². The largest absolute Gasteiger partial charge is 0.335 e. The topological polar surface area (TPSA) is 75.5 Å². The summed E-state index contributed by atoms with van der Waals surface area (Å²) in [7, 11) is -3.53. The van der Waals surface area contributed by atoms with E-state index < -0.39 is 10.0 Å². The van der Waals surface area contributed by atoms with Gasteiger partial charge in [-0.2, -0.15) is 4.31 Å². The summed E-state index contributed by atoms with van der Waals surface area (Å²) in [5.41, 5.74) is 1.32. The third kappa shape index (κ3) is 3.64. The maximum Gasteiger partial charge on any atom is 0.272 e. The van der Waals surface area contributed by atoms with Crippen molar-refractivity contribution in [3.8, 4) is 5.69 Å². The predicted molar refractivity (Wildman–Crippen MR) is 110 cm³/mol. The molecule has 0 N–H and O–H groups in total. The zero-order chi connectivity index (χ0) is 19.7. The first kappa shape index (κ1) is 19.3. The zero-order valence-corrected chi connectivity index (χ0v) is 18.0. The minimum atomic E-state index is -3.53. The van der Waals surface area contributed by atoms with Gasteiger partial charge in [0.2, 0.25) is 0 Å². The van der Waals surface area contributed by atoms with Crippen LogP contribution in [-0.4, -0.2) is 59.3 Å². The molecule has 3 heterocycles. The molecule has 4 rings (SSSR count). The number of thiophene rings is 1. The number of benzene rings is 1. The molecule has 3 aromatic rings. The highest BCUT2D eigenvalue weighted by molar-refractivity contribution is 9.11. The molecule has 0 atom stereocenters. The van der Waals surface area contributed by atoms with E-state index in [1.165, 1.54) is 15.6 Å². The molecule has 1 amide bonds. The molecular formula is C18H17BrN4O3S2. The van der Waals surface area contributed by atoms with E-state index in [4.69, 9.17) is 0 Å². The van der Waals surface area contributed by atoms with E-state index in [0.29, 0.717) is 23.0 Å². The van der Waals surface area contributed by atoms with Crippen molar-refractivity contribution in [1.29, 1.82) is 0 Å². The predicted octanol–water partition coefficient (Wildman–Crippen LogP) is 2.84. The minimum absolute atomic E-state index is 0.155. The summed E-state index contributed by atoms with van der Waals surface area (Å²) in [6, 6.07) is 12.8. The van der Waals surface area contributed by atoms with E-state index in [1.54, 1.807) is 34.1 Å². The number of imidazole rings is 1. The number of carbonyl (C=O) groups is 1. The van der Waals surface area contributed by atoms with Crippen LogP contribution in [-0.2, 0) is 10.0 Å². The van der Waals surface area contributed by atoms with Crippen molar-refractivity contribution in [1.82, 2.24) is 18.8 Å². The molecule has 1 aromatic carbocycles. The summed E-state index contributed by atoms with van der Waals surface area (Å²) in [5, 5.41) is 0. The van der Waals surface area contributed by atoms with E-state index in [0.717, 1.165) is 9.47 Å². The quantitative estimate of drug-likeness (QED) is 0.575. The van der Waals surface area contributed by atoms with Gasteiger partial charge >= 0.3 is 0 Å². The average Bonchev–Trinajstić information content (AvgIpc) is 3.38. The molecule has 1 fully saturated rings. The molecule has 28 heavy (non-hydrogen) atoms. The van der Waals surface area contributed by atoms with Crippen LogP contribution >= 0.6 is 27.3 Å². The van der Waals surface area contributed by atoms with Gasteiger partial charge < -0.3 is 4.90 Å². The van der Waals surface area contributed by atoms with Gasteiger partial charge in [-0.3, -0.25) is 9.36 Å². The Morgan fingerprint density at radius 3 is 2.39 bits per heavy atom. The van der Waals surface area contributed by atoms with Gasteiger partial charge in [0.05, 0.1) is 16.3 Å². The fourth-order valence-corrected chi connectivity index (χ4v) is 6.69. The number of aromatic nitrogens is 2. The molecule has 0 aliphatic carbocycles. The molecule has 0 spiro atoms. The van der Waals surface area contributed by atoms with Gasteiger partial charge in [-0.25, -0.2) is 13.4 Å². The van der Waals surface area contributed by atoms with Crippen LogP contribution in [0.15, 0.2) is 63.0 Å². The molecule has 0 bridgehead atoms. The van der Waals surface area contributed by atoms with Crippen molar-refractivity contribution in [3.63, 3.8) is 0 Å². The van der Waals surface area contributed by atoms with Gasteiger partial charge in [0.15, 0.2) is 0 Å². The van der Waals surface area contributed by atoms with Crippen LogP contribution in [0.3, 0.4) is 0 Å². The number of hydrogen-bond donors (Lipinski definition) is 0. The summed E-state index contributed by atoms with van der Waals surface area (Å²) >= 11 is 4.49. The second-order valence-electron chi connectivity index (χ2n) is 6.24. The zero-order valence-electron chi connectivity index (χ0n) is 14.7. The number of sulfonamides is 1. The maximum absolute atomic E-state index is 13.0. The van der Waals surface area contributed by atoms with Crippen LogP contribution in [0.25, 0.3) is 5.69 Å². The Bertz CT molecular complexity index is 1090. The highest BCUT2D eigenvalue weighted by Gasteiger charge is 2.32. The van der Waals surface area contributed by atoms with Crippen LogP contribution in [0.2, 0.25) is 0 Å². The number of piperazine rings is 1. The Morgan fingerprint density at radius 1 is 1.04 bits per heavy atom. The summed E-state index contributed by atoms with van der Waals surface area (Å²) in [6.45, 7) is 1.21. The van der Waals surface area contributed by atoms with Crippen molar-refractivity contribution >= 4 is 43.2 Å². The number of amides is 1. The summed E-state index contributed by atoms with van der Waals surface area (Å²) in [6.07, 6.45) is 3.15. The lowest BCUT2D eigenvalue weighted by Gasteiger charge is -2.33. The molecule has 146 valence electrons. The van der Waals surface area contributed by atoms with Crippen LogP contribution in [0.4, 0.5) is 0 Å². The van der Waals surface area contributed by atoms with Crippen molar-refractivity contribution in [2.75, 3.05) is 26.2 Å². The number of rotatable bonds is 4. The molecule has 0 unspecified atom stereocenters. The number of carbonyl (C=O) groups excluding carboxylic acids is 1. The summed E-state index contributed by atoms with van der Waals surface area (Å²) < 4.78 is 29.7. The van der Waals surface area contributed by atoms with E-state index in [2.05, 4.69) is 20.9 Å². The number of para-hydroxylation sites is 1. The lowest BCUT2D eigenvalue weighted by Crippen LogP contribution is -2.50. The van der Waals surface area contributed by atoms with Gasteiger partial charge in [-0.15, -0.1) is 11.3 Å². The minimum Gasteiger partial charge on any atom is -0.335 e. The molecular weight excluding hydrogens is 464 g/mol. The third-order valence-electron chi connectivity index (χ3n) is 4.56. The first-order chi connectivity index (χ1) is 13.5. The van der Waals surface area contributed by atoms with Crippen LogP contribution in [0, 0.1) is 0 Å². The van der Waals surface area contributed by atoms with E-state index in [9.17, 15) is 13.2 Å². The van der Waals surface area contributed by atoms with Crippen LogP contribution in [0.1, 0.15) is 10.5 Å². The van der Waals surface area contributed by atoms with Crippen LogP contribution in [0.5, 0.6) is 0 Å². The molecule has 0 radical (unpaired) electrons. The highest BCUT2D eigenvalue weighted by atomic mass is 79.9. The lowest BCUT2D eigenvalue weighted by molar-refractivity contribution is 0.0690. The average molecular weight is 481 g/mol. The Labute approximate surface area is 175 Å². The molecule has 1 aliphatic heterocycles. The van der Waals surface area contributed by atoms with E-state index in [1.807, 2.05) is 30.3 Å². The SMILES string of the molecule is O=C(c1cncn1-c1ccccc1)N1CCN(S(=O)(=O)c2ccc(Br)s2)CC1. The maximum atomic E-state index is 13.0. The molecule has 0 saturated carbocycles. The normalized spacial score (nSPS) is 15.7. The molecule has 10 heteroatoms. The second-order valence-corrected chi connectivity index (χ2v) is 10.9. The first-order valence-electron chi connectivity index (χ1n) is 8.59. The third-order valence-corrected chi connectivity index (χ3v) is 8.55. The smallest absolute Gasteiger partial charge is 0.272 e. The Kier molecular flexibility index (Phi) is 5.37. The highest BCUT2D eigenvalue weighted by Crippen LogP contribution is 2.29. The first-order valence-corrected chi connectivity index (χ1v) is 11.6. The van der Waals surface area contributed by atoms with Gasteiger partial charge in [0.1, 0.15) is 9.90 Å². The summed E-state index contributed by atoms with van der Waals surface area (Å²) in [4.78, 5) is 18.8. The number of hydrogen-bond acceptors (Lipinski definition) is 5. The fraction of sp³-hybridized carbons (Fsp3) is 0.222. The molecule has 1 saturated heterocycles. The second kappa shape index (κ2) is 7.78.